The highest BCUT2D eigenvalue weighted by atomic mass is 16.5. The van der Waals surface area contributed by atoms with Gasteiger partial charge in [-0.15, -0.1) is 0 Å². The first kappa shape index (κ1) is 27.3. The Morgan fingerprint density at radius 2 is 1.54 bits per heavy atom. The number of phenolic OH excluding ortho intramolecular Hbond substituents is 1. The fraction of sp³-hybridized carbons (Fsp3) is 0.241. The maximum Gasteiger partial charge on any atom is 0.243 e. The average molecular weight is 503 g/mol. The molecule has 0 saturated carbocycles. The highest BCUT2D eigenvalue weighted by Crippen LogP contribution is 2.16. The van der Waals surface area contributed by atoms with Crippen molar-refractivity contribution in [1.29, 1.82) is 0 Å². The predicted molar refractivity (Wildman–Crippen MR) is 140 cm³/mol. The number of phenols is 1. The second-order valence-electron chi connectivity index (χ2n) is 9.24. The molecule has 3 aromatic carbocycles. The van der Waals surface area contributed by atoms with Crippen molar-refractivity contribution in [2.75, 3.05) is 0 Å². The van der Waals surface area contributed by atoms with Gasteiger partial charge in [0, 0.05) is 6.42 Å². The molecule has 0 aliphatic heterocycles. The van der Waals surface area contributed by atoms with Gasteiger partial charge >= 0.3 is 0 Å². The van der Waals surface area contributed by atoms with E-state index in [0.717, 1.165) is 16.7 Å². The lowest BCUT2D eigenvalue weighted by Crippen LogP contribution is -2.58. The lowest BCUT2D eigenvalue weighted by Gasteiger charge is -2.26. The third-order valence-corrected chi connectivity index (χ3v) is 5.76. The summed E-state index contributed by atoms with van der Waals surface area (Å²) in [7, 11) is 0. The predicted octanol–water partition coefficient (Wildman–Crippen LogP) is 2.83. The molecule has 0 fully saturated rings. The number of ether oxygens (including phenoxy) is 1. The van der Waals surface area contributed by atoms with E-state index < -0.39 is 29.3 Å². The van der Waals surface area contributed by atoms with Gasteiger partial charge in [0.25, 0.3) is 0 Å². The third kappa shape index (κ3) is 8.68. The Kier molecular flexibility index (Phi) is 9.27. The largest absolute Gasteiger partial charge is 0.508 e. The van der Waals surface area contributed by atoms with Crippen LogP contribution in [0.15, 0.2) is 78.9 Å². The van der Waals surface area contributed by atoms with Gasteiger partial charge in [-0.2, -0.15) is 0 Å². The van der Waals surface area contributed by atoms with E-state index in [9.17, 15) is 19.5 Å². The zero-order chi connectivity index (χ0) is 26.8. The van der Waals surface area contributed by atoms with E-state index in [4.69, 9.17) is 10.5 Å². The van der Waals surface area contributed by atoms with Crippen molar-refractivity contribution in [3.05, 3.63) is 102 Å². The summed E-state index contributed by atoms with van der Waals surface area (Å²) in [5.41, 5.74) is 6.79. The Morgan fingerprint density at radius 3 is 2.16 bits per heavy atom. The number of carbonyl (C=O) groups is 3. The molecule has 0 saturated heterocycles. The molecular weight excluding hydrogens is 470 g/mol. The van der Waals surface area contributed by atoms with Crippen LogP contribution in [0.25, 0.3) is 0 Å². The van der Waals surface area contributed by atoms with Crippen molar-refractivity contribution in [2.24, 2.45) is 5.73 Å². The highest BCUT2D eigenvalue weighted by Gasteiger charge is 2.31. The van der Waals surface area contributed by atoms with E-state index in [-0.39, 0.29) is 12.2 Å². The van der Waals surface area contributed by atoms with Crippen molar-refractivity contribution in [3.63, 3.8) is 0 Å². The van der Waals surface area contributed by atoms with Crippen LogP contribution in [0.1, 0.15) is 30.5 Å². The molecule has 0 heterocycles. The summed E-state index contributed by atoms with van der Waals surface area (Å²) in [6.07, 6.45) is 1.94. The quantitative estimate of drug-likeness (QED) is 0.303. The molecule has 3 aromatic rings. The minimum Gasteiger partial charge on any atom is -0.508 e. The molecule has 0 aliphatic carbocycles. The van der Waals surface area contributed by atoms with Gasteiger partial charge in [0.2, 0.25) is 17.7 Å². The molecule has 5 N–H and O–H groups in total. The molecule has 193 valence electrons. The molecule has 0 aliphatic rings. The molecule has 3 amide bonds. The van der Waals surface area contributed by atoms with Gasteiger partial charge in [-0.25, -0.2) is 0 Å². The van der Waals surface area contributed by atoms with Crippen LogP contribution in [0.2, 0.25) is 0 Å². The molecule has 8 heteroatoms. The summed E-state index contributed by atoms with van der Waals surface area (Å²) < 4.78 is 5.82. The van der Waals surface area contributed by atoms with Crippen molar-refractivity contribution in [2.45, 2.75) is 44.9 Å². The van der Waals surface area contributed by atoms with Crippen LogP contribution in [0.3, 0.4) is 0 Å². The number of nitrogens with one attached hydrogen (secondary N) is 2. The highest BCUT2D eigenvalue weighted by molar-refractivity contribution is 5.95. The van der Waals surface area contributed by atoms with Crippen LogP contribution in [0, 0.1) is 6.42 Å². The van der Waals surface area contributed by atoms with Crippen LogP contribution in [0.4, 0.5) is 0 Å². The molecule has 0 aromatic heterocycles. The van der Waals surface area contributed by atoms with Gasteiger partial charge in [-0.3, -0.25) is 14.4 Å². The van der Waals surface area contributed by atoms with E-state index in [0.29, 0.717) is 18.8 Å². The Bertz CT molecular complexity index is 1190. The van der Waals surface area contributed by atoms with Crippen molar-refractivity contribution >= 4 is 17.7 Å². The smallest absolute Gasteiger partial charge is 0.243 e. The number of benzene rings is 3. The Labute approximate surface area is 216 Å². The lowest BCUT2D eigenvalue weighted by molar-refractivity contribution is -0.132. The van der Waals surface area contributed by atoms with Crippen LogP contribution >= 0.6 is 0 Å². The number of primary amides is 1. The Hall–Kier alpha value is -4.33. The van der Waals surface area contributed by atoms with E-state index >= 15 is 0 Å². The monoisotopic (exact) mass is 502 g/mol. The minimum absolute atomic E-state index is 0.137. The zero-order valence-corrected chi connectivity index (χ0v) is 20.9. The molecule has 1 unspecified atom stereocenters. The molecule has 37 heavy (non-hydrogen) atoms. The fourth-order valence-corrected chi connectivity index (χ4v) is 3.44. The molecule has 1 radical (unpaired) electrons. The van der Waals surface area contributed by atoms with Gasteiger partial charge in [0.05, 0.1) is 6.42 Å². The van der Waals surface area contributed by atoms with Crippen LogP contribution in [0.5, 0.6) is 11.5 Å². The van der Waals surface area contributed by atoms with Gasteiger partial charge < -0.3 is 26.2 Å². The summed E-state index contributed by atoms with van der Waals surface area (Å²) in [4.78, 5) is 37.4. The minimum atomic E-state index is -1.29. The first-order chi connectivity index (χ1) is 17.6. The molecule has 8 nitrogen and oxygen atoms in total. The van der Waals surface area contributed by atoms with Gasteiger partial charge in [-0.05, 0) is 61.2 Å². The summed E-state index contributed by atoms with van der Waals surface area (Å²) >= 11 is 0. The van der Waals surface area contributed by atoms with Crippen LogP contribution in [-0.4, -0.2) is 34.4 Å². The summed E-state index contributed by atoms with van der Waals surface area (Å²) in [6.45, 7) is 3.43. The molecule has 0 spiro atoms. The fourth-order valence-electron chi connectivity index (χ4n) is 3.44. The second-order valence-corrected chi connectivity index (χ2v) is 9.24. The third-order valence-electron chi connectivity index (χ3n) is 5.76. The number of rotatable bonds is 12. The Balaban J connectivity index is 1.65. The SMILES string of the molecule is CC(C)(NC(=O)C(Cc1ccc(OCc2ccccc2)cc1)NC(=O)[CH]Cc1ccc(O)cc1)C(N)=O. The molecular formula is C29H32N3O5. The Morgan fingerprint density at radius 1 is 0.919 bits per heavy atom. The summed E-state index contributed by atoms with van der Waals surface area (Å²) in [6, 6.07) is 22.6. The van der Waals surface area contributed by atoms with Crippen molar-refractivity contribution in [1.82, 2.24) is 10.6 Å². The van der Waals surface area contributed by atoms with Crippen LogP contribution < -0.4 is 21.1 Å². The molecule has 3 rings (SSSR count). The zero-order valence-electron chi connectivity index (χ0n) is 20.9. The number of amides is 3. The van der Waals surface area contributed by atoms with E-state index in [2.05, 4.69) is 10.6 Å². The van der Waals surface area contributed by atoms with Gasteiger partial charge in [0.1, 0.15) is 29.7 Å². The number of hydrogen-bond acceptors (Lipinski definition) is 5. The van der Waals surface area contributed by atoms with Crippen molar-refractivity contribution in [3.8, 4) is 11.5 Å². The number of nitrogens with two attached hydrogens (primary N) is 1. The second kappa shape index (κ2) is 12.6. The maximum atomic E-state index is 13.0. The van der Waals surface area contributed by atoms with Gasteiger partial charge in [0.15, 0.2) is 0 Å². The number of aromatic hydroxyl groups is 1. The summed E-state index contributed by atoms with van der Waals surface area (Å²) in [5.74, 6) is -0.842. The van der Waals surface area contributed by atoms with Crippen LogP contribution in [-0.2, 0) is 33.8 Å². The molecule has 0 bridgehead atoms. The van der Waals surface area contributed by atoms with Crippen molar-refractivity contribution < 1.29 is 24.2 Å². The topological polar surface area (TPSA) is 131 Å². The number of carbonyl (C=O) groups excluding carboxylic acids is 3. The lowest BCUT2D eigenvalue weighted by atomic mass is 10.0. The average Bonchev–Trinajstić information content (AvgIpc) is 2.88. The van der Waals surface area contributed by atoms with E-state index in [1.807, 2.05) is 42.5 Å². The summed E-state index contributed by atoms with van der Waals surface area (Å²) in [5, 5.41) is 14.8. The molecule has 1 atom stereocenters. The standard InChI is InChI=1S/C29H32N3O5/c1-29(2,28(30)36)32-27(35)25(31-26(34)17-12-20-8-13-23(33)14-9-20)18-21-10-15-24(16-11-21)37-19-22-6-4-3-5-7-22/h3-11,13-17,25,33H,12,18-19H2,1-2H3,(H2,30,36)(H,31,34)(H,32,35). The first-order valence-corrected chi connectivity index (χ1v) is 11.9. The maximum absolute atomic E-state index is 13.0. The van der Waals surface area contributed by atoms with E-state index in [1.54, 1.807) is 24.3 Å². The van der Waals surface area contributed by atoms with Gasteiger partial charge in [-0.1, -0.05) is 54.6 Å². The first-order valence-electron chi connectivity index (χ1n) is 11.9. The van der Waals surface area contributed by atoms with E-state index in [1.165, 1.54) is 32.4 Å². The number of hydrogen-bond donors (Lipinski definition) is 4. The normalized spacial score (nSPS) is 11.8.